The summed E-state index contributed by atoms with van der Waals surface area (Å²) >= 11 is 0. The summed E-state index contributed by atoms with van der Waals surface area (Å²) in [5.41, 5.74) is 0.817. The highest BCUT2D eigenvalue weighted by molar-refractivity contribution is 6.10. The van der Waals surface area contributed by atoms with E-state index in [9.17, 15) is 19.2 Å². The number of nitrogens with one attached hydrogen (secondary N) is 4. The zero-order chi connectivity index (χ0) is 23.4. The van der Waals surface area contributed by atoms with Crippen LogP contribution in [0.3, 0.4) is 0 Å². The minimum absolute atomic E-state index is 0.0369. The molecule has 4 rings (SSSR count). The quantitative estimate of drug-likeness (QED) is 0.520. The van der Waals surface area contributed by atoms with Gasteiger partial charge in [0.25, 0.3) is 5.91 Å². The van der Waals surface area contributed by atoms with Crippen molar-refractivity contribution < 1.29 is 19.2 Å². The average molecular weight is 450 g/mol. The number of imide groups is 1. The van der Waals surface area contributed by atoms with Crippen molar-refractivity contribution in [2.45, 2.75) is 38.1 Å². The molecule has 1 heterocycles. The van der Waals surface area contributed by atoms with Crippen molar-refractivity contribution >= 4 is 40.9 Å². The molecule has 0 bridgehead atoms. The highest BCUT2D eigenvalue weighted by Gasteiger charge is 2.55. The third-order valence-corrected chi connectivity index (χ3v) is 6.26. The summed E-state index contributed by atoms with van der Waals surface area (Å²) in [7, 11) is 0. The van der Waals surface area contributed by atoms with E-state index in [1.807, 2.05) is 25.1 Å². The molecular weight excluding hydrogens is 422 g/mol. The number of hydrogen-bond acceptors (Lipinski definition) is 4. The first-order chi connectivity index (χ1) is 15.9. The number of urea groups is 2. The van der Waals surface area contributed by atoms with Gasteiger partial charge in [-0.3, -0.25) is 14.5 Å². The number of carbonyl (C=O) groups is 4. The van der Waals surface area contributed by atoms with Gasteiger partial charge >= 0.3 is 12.1 Å². The highest BCUT2D eigenvalue weighted by atomic mass is 16.2. The van der Waals surface area contributed by atoms with E-state index in [2.05, 4.69) is 21.3 Å². The normalized spacial score (nSPS) is 22.1. The van der Waals surface area contributed by atoms with Gasteiger partial charge in [0.05, 0.1) is 0 Å². The van der Waals surface area contributed by atoms with E-state index in [1.54, 1.807) is 36.4 Å². The standard InChI is InChI=1S/C24H27N5O4/c1-16-7-5-6-14-24(16)21(31)29(23(33)28-24)15-20(30)25-18-10-12-19(13-11-18)27-22(32)26-17-8-3-2-4-9-17/h2-4,8-13,16H,5-7,14-15H2,1H3,(H,25,30)(H,28,33)(H2,26,27,32)/t16-,24+/m0/s1. The van der Waals surface area contributed by atoms with Gasteiger partial charge in [0.1, 0.15) is 12.1 Å². The molecule has 0 unspecified atom stereocenters. The minimum atomic E-state index is -0.886. The molecule has 2 aromatic carbocycles. The number of benzene rings is 2. The zero-order valence-corrected chi connectivity index (χ0v) is 18.4. The first-order valence-corrected chi connectivity index (χ1v) is 11.0. The first kappa shape index (κ1) is 22.3. The van der Waals surface area contributed by atoms with E-state index in [-0.39, 0.29) is 24.4 Å². The van der Waals surface area contributed by atoms with Crippen molar-refractivity contribution in [2.24, 2.45) is 5.92 Å². The monoisotopic (exact) mass is 449 g/mol. The fraction of sp³-hybridized carbons (Fsp3) is 0.333. The lowest BCUT2D eigenvalue weighted by molar-refractivity contribution is -0.136. The molecule has 33 heavy (non-hydrogen) atoms. The van der Waals surface area contributed by atoms with E-state index >= 15 is 0 Å². The van der Waals surface area contributed by atoms with E-state index in [1.165, 1.54) is 0 Å². The van der Waals surface area contributed by atoms with Gasteiger partial charge in [-0.15, -0.1) is 0 Å². The lowest BCUT2D eigenvalue weighted by Gasteiger charge is -2.36. The first-order valence-electron chi connectivity index (χ1n) is 11.0. The molecule has 2 aromatic rings. The predicted molar refractivity (Wildman–Crippen MR) is 125 cm³/mol. The number of para-hydroxylation sites is 1. The Morgan fingerprint density at radius 1 is 0.939 bits per heavy atom. The highest BCUT2D eigenvalue weighted by Crippen LogP contribution is 2.38. The van der Waals surface area contributed by atoms with Crippen molar-refractivity contribution in [3.05, 3.63) is 54.6 Å². The molecule has 2 fully saturated rings. The second kappa shape index (κ2) is 9.32. The number of carbonyl (C=O) groups excluding carboxylic acids is 4. The molecule has 1 spiro atoms. The molecule has 2 aliphatic rings. The molecule has 1 aliphatic carbocycles. The Hall–Kier alpha value is -3.88. The van der Waals surface area contributed by atoms with Crippen LogP contribution in [0.4, 0.5) is 26.7 Å². The summed E-state index contributed by atoms with van der Waals surface area (Å²) in [5, 5.41) is 11.0. The van der Waals surface area contributed by atoms with Crippen LogP contribution >= 0.6 is 0 Å². The SMILES string of the molecule is C[C@H]1CCCC[C@@]12NC(=O)N(CC(=O)Nc1ccc(NC(=O)Nc3ccccc3)cc1)C2=O. The lowest BCUT2D eigenvalue weighted by atomic mass is 9.73. The molecule has 172 valence electrons. The maximum atomic E-state index is 13.0. The van der Waals surface area contributed by atoms with Crippen LogP contribution in [0, 0.1) is 5.92 Å². The fourth-order valence-electron chi connectivity index (χ4n) is 4.43. The summed E-state index contributed by atoms with van der Waals surface area (Å²) in [6.45, 7) is 1.62. The smallest absolute Gasteiger partial charge is 0.325 e. The van der Waals surface area contributed by atoms with Gasteiger partial charge in [-0.1, -0.05) is 38.0 Å². The predicted octanol–water partition coefficient (Wildman–Crippen LogP) is 3.77. The van der Waals surface area contributed by atoms with Gasteiger partial charge < -0.3 is 21.3 Å². The van der Waals surface area contributed by atoms with E-state index in [4.69, 9.17) is 0 Å². The summed E-state index contributed by atoms with van der Waals surface area (Å²) in [4.78, 5) is 51.0. The van der Waals surface area contributed by atoms with Gasteiger partial charge in [0, 0.05) is 17.1 Å². The lowest BCUT2D eigenvalue weighted by Crippen LogP contribution is -2.54. The van der Waals surface area contributed by atoms with Gasteiger partial charge in [0.15, 0.2) is 0 Å². The second-order valence-electron chi connectivity index (χ2n) is 8.51. The zero-order valence-electron chi connectivity index (χ0n) is 18.4. The van der Waals surface area contributed by atoms with Crippen molar-refractivity contribution in [1.29, 1.82) is 0 Å². The van der Waals surface area contributed by atoms with Gasteiger partial charge in [-0.05, 0) is 55.2 Å². The second-order valence-corrected chi connectivity index (χ2v) is 8.51. The molecule has 0 radical (unpaired) electrons. The Labute approximate surface area is 191 Å². The number of amides is 6. The molecule has 9 heteroatoms. The molecule has 9 nitrogen and oxygen atoms in total. The number of hydrogen-bond donors (Lipinski definition) is 4. The molecule has 1 aliphatic heterocycles. The fourth-order valence-corrected chi connectivity index (χ4v) is 4.43. The van der Waals surface area contributed by atoms with Crippen LogP contribution in [-0.2, 0) is 9.59 Å². The van der Waals surface area contributed by atoms with Crippen molar-refractivity contribution in [3.63, 3.8) is 0 Å². The largest absolute Gasteiger partial charge is 0.325 e. The molecule has 0 aromatic heterocycles. The Morgan fingerprint density at radius 3 is 2.18 bits per heavy atom. The van der Waals surface area contributed by atoms with E-state index in [0.717, 1.165) is 24.2 Å². The summed E-state index contributed by atoms with van der Waals surface area (Å²) in [5.74, 6) is -0.754. The molecule has 6 amide bonds. The summed E-state index contributed by atoms with van der Waals surface area (Å²) in [6.07, 6.45) is 3.38. The van der Waals surface area contributed by atoms with Crippen molar-refractivity contribution in [2.75, 3.05) is 22.5 Å². The molecular formula is C24H27N5O4. The Morgan fingerprint density at radius 2 is 1.55 bits per heavy atom. The van der Waals surface area contributed by atoms with Crippen molar-refractivity contribution in [1.82, 2.24) is 10.2 Å². The van der Waals surface area contributed by atoms with E-state index < -0.39 is 17.5 Å². The van der Waals surface area contributed by atoms with Crippen LogP contribution in [0.25, 0.3) is 0 Å². The Bertz CT molecular complexity index is 1060. The molecule has 4 N–H and O–H groups in total. The van der Waals surface area contributed by atoms with Crippen LogP contribution < -0.4 is 21.3 Å². The molecule has 2 atom stereocenters. The maximum absolute atomic E-state index is 13.0. The maximum Gasteiger partial charge on any atom is 0.325 e. The Kier molecular flexibility index (Phi) is 6.30. The van der Waals surface area contributed by atoms with Gasteiger partial charge in [-0.25, -0.2) is 9.59 Å². The third-order valence-electron chi connectivity index (χ3n) is 6.26. The third kappa shape index (κ3) is 4.82. The average Bonchev–Trinajstić information content (AvgIpc) is 3.02. The van der Waals surface area contributed by atoms with Crippen LogP contribution in [0.5, 0.6) is 0 Å². The van der Waals surface area contributed by atoms with Gasteiger partial charge in [-0.2, -0.15) is 0 Å². The Balaban J connectivity index is 1.31. The summed E-state index contributed by atoms with van der Waals surface area (Å²) in [6, 6.07) is 14.7. The molecule has 1 saturated carbocycles. The number of rotatable bonds is 5. The van der Waals surface area contributed by atoms with Crippen LogP contribution in [0.2, 0.25) is 0 Å². The molecule has 1 saturated heterocycles. The topological polar surface area (TPSA) is 120 Å². The van der Waals surface area contributed by atoms with E-state index in [0.29, 0.717) is 23.5 Å². The van der Waals surface area contributed by atoms with Crippen LogP contribution in [0.15, 0.2) is 54.6 Å². The van der Waals surface area contributed by atoms with Crippen molar-refractivity contribution in [3.8, 4) is 0 Å². The van der Waals surface area contributed by atoms with Crippen LogP contribution in [-0.4, -0.2) is 40.9 Å². The van der Waals surface area contributed by atoms with Gasteiger partial charge in [0.2, 0.25) is 5.91 Å². The summed E-state index contributed by atoms with van der Waals surface area (Å²) < 4.78 is 0. The number of anilines is 3. The number of nitrogens with zero attached hydrogens (tertiary/aromatic N) is 1. The minimum Gasteiger partial charge on any atom is -0.325 e. The van der Waals surface area contributed by atoms with Crippen LogP contribution in [0.1, 0.15) is 32.6 Å².